The third-order valence-electron chi connectivity index (χ3n) is 5.02. The summed E-state index contributed by atoms with van der Waals surface area (Å²) in [5, 5.41) is 3.98. The molecular formula is C16H16F3N3O. The average molecular weight is 323 g/mol. The summed E-state index contributed by atoms with van der Waals surface area (Å²) in [7, 11) is 0. The van der Waals surface area contributed by atoms with Crippen LogP contribution in [-0.4, -0.2) is 10.1 Å². The third-order valence-corrected chi connectivity index (χ3v) is 5.02. The maximum absolute atomic E-state index is 12.9. The molecule has 2 aromatic rings. The second-order valence-electron chi connectivity index (χ2n) is 6.59. The van der Waals surface area contributed by atoms with Crippen molar-refractivity contribution in [2.75, 3.05) is 0 Å². The van der Waals surface area contributed by atoms with Gasteiger partial charge in [0.25, 0.3) is 0 Å². The van der Waals surface area contributed by atoms with Crippen LogP contribution >= 0.6 is 0 Å². The Kier molecular flexibility index (Phi) is 2.91. The minimum absolute atomic E-state index is 0.378. The second kappa shape index (κ2) is 4.56. The molecule has 2 aliphatic rings. The fourth-order valence-corrected chi connectivity index (χ4v) is 3.15. The first-order valence-corrected chi connectivity index (χ1v) is 7.65. The van der Waals surface area contributed by atoms with E-state index in [2.05, 4.69) is 10.1 Å². The number of hydrogen-bond donors (Lipinski definition) is 1. The van der Waals surface area contributed by atoms with Crippen molar-refractivity contribution in [2.45, 2.75) is 49.2 Å². The monoisotopic (exact) mass is 323 g/mol. The van der Waals surface area contributed by atoms with Gasteiger partial charge in [0.15, 0.2) is 5.82 Å². The zero-order chi connectivity index (χ0) is 16.3. The van der Waals surface area contributed by atoms with Gasteiger partial charge in [-0.2, -0.15) is 18.2 Å². The molecule has 122 valence electrons. The number of rotatable bonds is 3. The Bertz CT molecular complexity index is 745. The van der Waals surface area contributed by atoms with Gasteiger partial charge in [0.1, 0.15) is 0 Å². The molecule has 2 N–H and O–H groups in total. The number of nitrogens with zero attached hydrogens (tertiary/aromatic N) is 2. The molecule has 1 heterocycles. The minimum Gasteiger partial charge on any atom is -0.338 e. The van der Waals surface area contributed by atoms with Gasteiger partial charge < -0.3 is 10.3 Å². The van der Waals surface area contributed by atoms with Crippen LogP contribution in [0.3, 0.4) is 0 Å². The SMILES string of the molecule is NC1(c2noc(C3(c4cccc(C(F)(F)F)c4)CC3)n2)CCC1. The summed E-state index contributed by atoms with van der Waals surface area (Å²) in [4.78, 5) is 4.42. The highest BCUT2D eigenvalue weighted by Gasteiger charge is 2.52. The molecule has 1 aromatic heterocycles. The van der Waals surface area contributed by atoms with Crippen LogP contribution < -0.4 is 5.73 Å². The molecule has 0 bridgehead atoms. The normalized spacial score (nSPS) is 21.7. The van der Waals surface area contributed by atoms with E-state index in [1.165, 1.54) is 12.1 Å². The van der Waals surface area contributed by atoms with Gasteiger partial charge >= 0.3 is 6.18 Å². The van der Waals surface area contributed by atoms with E-state index in [-0.39, 0.29) is 0 Å². The molecular weight excluding hydrogens is 307 g/mol. The number of benzene rings is 1. The number of nitrogens with two attached hydrogens (primary N) is 1. The van der Waals surface area contributed by atoms with Crippen LogP contribution in [0.1, 0.15) is 54.9 Å². The molecule has 0 aliphatic heterocycles. The zero-order valence-electron chi connectivity index (χ0n) is 12.4. The van der Waals surface area contributed by atoms with Gasteiger partial charge in [-0.3, -0.25) is 0 Å². The Morgan fingerprint density at radius 1 is 1.13 bits per heavy atom. The van der Waals surface area contributed by atoms with Crippen LogP contribution in [-0.2, 0) is 17.1 Å². The molecule has 0 radical (unpaired) electrons. The van der Waals surface area contributed by atoms with Gasteiger partial charge in [-0.15, -0.1) is 0 Å². The second-order valence-corrected chi connectivity index (χ2v) is 6.59. The third kappa shape index (κ3) is 2.25. The lowest BCUT2D eigenvalue weighted by atomic mass is 9.77. The maximum atomic E-state index is 12.9. The first-order valence-electron chi connectivity index (χ1n) is 7.65. The zero-order valence-corrected chi connectivity index (χ0v) is 12.4. The van der Waals surface area contributed by atoms with Crippen molar-refractivity contribution in [2.24, 2.45) is 5.73 Å². The van der Waals surface area contributed by atoms with E-state index in [0.29, 0.717) is 30.1 Å². The molecule has 2 fully saturated rings. The smallest absolute Gasteiger partial charge is 0.338 e. The first kappa shape index (κ1) is 14.7. The molecule has 0 amide bonds. The summed E-state index contributed by atoms with van der Waals surface area (Å²) in [5.74, 6) is 0.848. The lowest BCUT2D eigenvalue weighted by Crippen LogP contribution is -2.44. The predicted molar refractivity (Wildman–Crippen MR) is 75.5 cm³/mol. The minimum atomic E-state index is -4.36. The van der Waals surface area contributed by atoms with Crippen LogP contribution in [0, 0.1) is 0 Å². The molecule has 4 nitrogen and oxygen atoms in total. The van der Waals surface area contributed by atoms with E-state index in [1.54, 1.807) is 6.07 Å². The van der Waals surface area contributed by atoms with E-state index >= 15 is 0 Å². The maximum Gasteiger partial charge on any atom is 0.416 e. The van der Waals surface area contributed by atoms with Crippen molar-refractivity contribution < 1.29 is 17.7 Å². The van der Waals surface area contributed by atoms with Gasteiger partial charge in [0.05, 0.1) is 16.5 Å². The van der Waals surface area contributed by atoms with Crippen LogP contribution in [0.2, 0.25) is 0 Å². The van der Waals surface area contributed by atoms with Crippen molar-refractivity contribution in [3.8, 4) is 0 Å². The van der Waals surface area contributed by atoms with Crippen LogP contribution in [0.15, 0.2) is 28.8 Å². The quantitative estimate of drug-likeness (QED) is 0.939. The Morgan fingerprint density at radius 3 is 2.43 bits per heavy atom. The molecule has 2 saturated carbocycles. The summed E-state index contributed by atoms with van der Waals surface area (Å²) < 4.78 is 44.1. The summed E-state index contributed by atoms with van der Waals surface area (Å²) in [6.45, 7) is 0. The topological polar surface area (TPSA) is 64.9 Å². The van der Waals surface area contributed by atoms with Crippen molar-refractivity contribution in [1.82, 2.24) is 10.1 Å². The number of alkyl halides is 3. The molecule has 0 spiro atoms. The van der Waals surface area contributed by atoms with E-state index in [4.69, 9.17) is 10.3 Å². The lowest BCUT2D eigenvalue weighted by Gasteiger charge is -2.34. The molecule has 1 aromatic carbocycles. The van der Waals surface area contributed by atoms with Crippen LogP contribution in [0.5, 0.6) is 0 Å². The van der Waals surface area contributed by atoms with Crippen LogP contribution in [0.4, 0.5) is 13.2 Å². The Labute approximate surface area is 130 Å². The lowest BCUT2D eigenvalue weighted by molar-refractivity contribution is -0.137. The molecule has 23 heavy (non-hydrogen) atoms. The molecule has 0 unspecified atom stereocenters. The Balaban J connectivity index is 1.69. The highest BCUT2D eigenvalue weighted by molar-refractivity contribution is 5.41. The molecule has 4 rings (SSSR count). The summed E-state index contributed by atoms with van der Waals surface area (Å²) in [6, 6.07) is 5.36. The van der Waals surface area contributed by atoms with E-state index in [0.717, 1.165) is 25.3 Å². The van der Waals surface area contributed by atoms with Gasteiger partial charge in [-0.25, -0.2) is 0 Å². The van der Waals surface area contributed by atoms with E-state index in [1.807, 2.05) is 0 Å². The standard InChI is InChI=1S/C16H16F3N3O/c17-16(18,19)11-4-1-3-10(9-11)14(7-8-14)13-21-12(22-23-13)15(20)5-2-6-15/h1,3-4,9H,2,5-8,20H2. The van der Waals surface area contributed by atoms with Gasteiger partial charge in [-0.1, -0.05) is 23.4 Å². The summed E-state index contributed by atoms with van der Waals surface area (Å²) >= 11 is 0. The van der Waals surface area contributed by atoms with Crippen molar-refractivity contribution >= 4 is 0 Å². The van der Waals surface area contributed by atoms with Gasteiger partial charge in [0, 0.05) is 0 Å². The predicted octanol–water partition coefficient (Wildman–Crippen LogP) is 3.51. The van der Waals surface area contributed by atoms with Crippen molar-refractivity contribution in [3.05, 3.63) is 47.1 Å². The summed E-state index contributed by atoms with van der Waals surface area (Å²) in [6.07, 6.45) is -0.315. The van der Waals surface area contributed by atoms with Crippen molar-refractivity contribution in [3.63, 3.8) is 0 Å². The van der Waals surface area contributed by atoms with E-state index < -0.39 is 22.7 Å². The van der Waals surface area contributed by atoms with Gasteiger partial charge in [0.2, 0.25) is 5.89 Å². The number of halogens is 3. The van der Waals surface area contributed by atoms with E-state index in [9.17, 15) is 13.2 Å². The highest BCUT2D eigenvalue weighted by atomic mass is 19.4. The highest BCUT2D eigenvalue weighted by Crippen LogP contribution is 2.54. The van der Waals surface area contributed by atoms with Crippen molar-refractivity contribution in [1.29, 1.82) is 0 Å². The molecule has 2 aliphatic carbocycles. The molecule has 0 saturated heterocycles. The molecule has 7 heteroatoms. The largest absolute Gasteiger partial charge is 0.416 e. The van der Waals surface area contributed by atoms with Gasteiger partial charge in [-0.05, 0) is 43.7 Å². The van der Waals surface area contributed by atoms with Crippen LogP contribution in [0.25, 0.3) is 0 Å². The number of aromatic nitrogens is 2. The molecule has 0 atom stereocenters. The fraction of sp³-hybridized carbons (Fsp3) is 0.500. The number of hydrogen-bond acceptors (Lipinski definition) is 4. The Hall–Kier alpha value is -1.89. The average Bonchev–Trinajstić information content (AvgIpc) is 3.14. The first-order chi connectivity index (χ1) is 10.8. The fourth-order valence-electron chi connectivity index (χ4n) is 3.15. The Morgan fingerprint density at radius 2 is 1.87 bits per heavy atom. The summed E-state index contributed by atoms with van der Waals surface area (Å²) in [5.41, 5.74) is 4.97.